The summed E-state index contributed by atoms with van der Waals surface area (Å²) in [6, 6.07) is 10.4. The first-order valence-corrected chi connectivity index (χ1v) is 13.5. The highest BCUT2D eigenvalue weighted by Gasteiger charge is 2.46. The van der Waals surface area contributed by atoms with Gasteiger partial charge in [0.2, 0.25) is 0 Å². The van der Waals surface area contributed by atoms with Crippen LogP contribution in [0.4, 0.5) is 23.2 Å². The molecule has 212 valence electrons. The molecule has 2 aliphatic rings. The van der Waals surface area contributed by atoms with E-state index < -0.39 is 30.2 Å². The van der Waals surface area contributed by atoms with Gasteiger partial charge in [0.25, 0.3) is 5.92 Å². The Balaban J connectivity index is 0.00000100. The van der Waals surface area contributed by atoms with Crippen LogP contribution in [0.15, 0.2) is 53.6 Å². The molecule has 2 aromatic carbocycles. The minimum Gasteiger partial charge on any atom is -0.399 e. The molecule has 5 rings (SSSR count). The van der Waals surface area contributed by atoms with Crippen LogP contribution in [0, 0.1) is 11.6 Å². The normalized spacial score (nSPS) is 17.9. The van der Waals surface area contributed by atoms with E-state index in [0.29, 0.717) is 29.3 Å². The average molecular weight is 548 g/mol. The lowest BCUT2D eigenvalue weighted by Crippen LogP contribution is -2.52. The first-order chi connectivity index (χ1) is 18.7. The molecule has 2 N–H and O–H groups in total. The molecule has 5 nitrogen and oxygen atoms in total. The van der Waals surface area contributed by atoms with Crippen molar-refractivity contribution >= 4 is 11.4 Å². The standard InChI is InChI=1S/C26H25F4N3O2.2C2H6/c1-15(31)16-7-9-18(10-8-16)33-12-11-22(26(29,30)14-33)34-13-19-24(32-35-25(19)17-5-6-17)23-20(27)3-2-4-21(23)28;2*1-2/h2-4,7-10,17,22H,1,5-6,11-14,31H2;2*1-2H3. The molecule has 0 spiro atoms. The molecule has 1 aliphatic heterocycles. The summed E-state index contributed by atoms with van der Waals surface area (Å²) >= 11 is 0. The topological polar surface area (TPSA) is 64.5 Å². The van der Waals surface area contributed by atoms with Crippen LogP contribution in [0.5, 0.6) is 0 Å². The Kier molecular flexibility index (Phi) is 10.2. The fourth-order valence-corrected chi connectivity index (χ4v) is 4.46. The molecule has 9 heteroatoms. The fraction of sp³-hybridized carbons (Fsp3) is 0.433. The number of aromatic nitrogens is 1. The number of nitrogens with two attached hydrogens (primary N) is 1. The van der Waals surface area contributed by atoms with Gasteiger partial charge in [-0.25, -0.2) is 17.6 Å². The van der Waals surface area contributed by atoms with E-state index in [9.17, 15) is 8.78 Å². The predicted octanol–water partition coefficient (Wildman–Crippen LogP) is 7.91. The number of alkyl halides is 2. The van der Waals surface area contributed by atoms with Crippen LogP contribution in [0.3, 0.4) is 0 Å². The van der Waals surface area contributed by atoms with Gasteiger partial charge in [-0.1, -0.05) is 57.6 Å². The van der Waals surface area contributed by atoms with Crippen molar-refractivity contribution in [1.29, 1.82) is 0 Å². The molecule has 0 amide bonds. The van der Waals surface area contributed by atoms with Crippen LogP contribution in [-0.4, -0.2) is 30.3 Å². The maximum absolute atomic E-state index is 15.1. The van der Waals surface area contributed by atoms with Gasteiger partial charge in [-0.3, -0.25) is 0 Å². The highest BCUT2D eigenvalue weighted by Crippen LogP contribution is 2.45. The van der Waals surface area contributed by atoms with Crippen molar-refractivity contribution in [2.45, 2.75) is 71.5 Å². The highest BCUT2D eigenvalue weighted by molar-refractivity contribution is 5.65. The molecular formula is C30H37F4N3O2. The SMILES string of the molecule is C=C(N)c1ccc(N2CCC(OCc3c(-c4c(F)cccc4F)noc3C3CC3)C(F)(F)C2)cc1.CC.CC. The number of piperidine rings is 1. The van der Waals surface area contributed by atoms with Gasteiger partial charge < -0.3 is 19.9 Å². The Hall–Kier alpha value is -3.33. The van der Waals surface area contributed by atoms with Gasteiger partial charge >= 0.3 is 0 Å². The fourth-order valence-electron chi connectivity index (χ4n) is 4.46. The molecule has 2 heterocycles. The molecular weight excluding hydrogens is 510 g/mol. The van der Waals surface area contributed by atoms with E-state index in [1.807, 2.05) is 27.7 Å². The van der Waals surface area contributed by atoms with Gasteiger partial charge in [0.15, 0.2) is 0 Å². The molecule has 1 unspecified atom stereocenters. The van der Waals surface area contributed by atoms with Gasteiger partial charge in [0.05, 0.1) is 18.7 Å². The lowest BCUT2D eigenvalue weighted by molar-refractivity contribution is -0.148. The van der Waals surface area contributed by atoms with Crippen molar-refractivity contribution < 1.29 is 26.8 Å². The number of hydrogen-bond acceptors (Lipinski definition) is 5. The average Bonchev–Trinajstić information content (AvgIpc) is 3.70. The third-order valence-electron chi connectivity index (χ3n) is 6.53. The van der Waals surface area contributed by atoms with Crippen LogP contribution < -0.4 is 10.6 Å². The summed E-state index contributed by atoms with van der Waals surface area (Å²) in [5.41, 5.74) is 7.42. The summed E-state index contributed by atoms with van der Waals surface area (Å²) in [7, 11) is 0. The molecule has 1 saturated heterocycles. The lowest BCUT2D eigenvalue weighted by atomic mass is 10.0. The Bertz CT molecular complexity index is 1220. The summed E-state index contributed by atoms with van der Waals surface area (Å²) in [5, 5.41) is 3.89. The van der Waals surface area contributed by atoms with E-state index in [-0.39, 0.29) is 30.2 Å². The first-order valence-electron chi connectivity index (χ1n) is 13.5. The quantitative estimate of drug-likeness (QED) is 0.305. The second-order valence-electron chi connectivity index (χ2n) is 9.09. The summed E-state index contributed by atoms with van der Waals surface area (Å²) in [5.74, 6) is -4.24. The number of anilines is 1. The molecule has 1 saturated carbocycles. The smallest absolute Gasteiger partial charge is 0.290 e. The zero-order chi connectivity index (χ0) is 28.7. The van der Waals surface area contributed by atoms with Crippen LogP contribution in [0.1, 0.15) is 69.8 Å². The molecule has 39 heavy (non-hydrogen) atoms. The number of nitrogens with zero attached hydrogens (tertiary/aromatic N) is 2. The summed E-state index contributed by atoms with van der Waals surface area (Å²) in [4.78, 5) is 1.60. The number of benzene rings is 2. The molecule has 1 aromatic heterocycles. The third kappa shape index (κ3) is 6.82. The van der Waals surface area contributed by atoms with Crippen LogP contribution in [0.2, 0.25) is 0 Å². The van der Waals surface area contributed by atoms with E-state index >= 15 is 8.78 Å². The maximum atomic E-state index is 15.1. The monoisotopic (exact) mass is 547 g/mol. The van der Waals surface area contributed by atoms with Gasteiger partial charge in [-0.2, -0.15) is 0 Å². The number of ether oxygens (including phenoxy) is 1. The zero-order valence-electron chi connectivity index (χ0n) is 22.9. The number of rotatable bonds is 7. The van der Waals surface area contributed by atoms with Crippen molar-refractivity contribution in [3.8, 4) is 11.3 Å². The van der Waals surface area contributed by atoms with Crippen molar-refractivity contribution in [3.63, 3.8) is 0 Å². The molecule has 0 radical (unpaired) electrons. The van der Waals surface area contributed by atoms with Crippen LogP contribution in [-0.2, 0) is 11.3 Å². The largest absolute Gasteiger partial charge is 0.399 e. The van der Waals surface area contributed by atoms with Crippen molar-refractivity contribution in [3.05, 3.63) is 77.6 Å². The second-order valence-corrected chi connectivity index (χ2v) is 9.09. The minimum absolute atomic E-state index is 0.0372. The number of halogens is 4. The summed E-state index contributed by atoms with van der Waals surface area (Å²) < 4.78 is 70.2. The Morgan fingerprint density at radius 2 is 1.67 bits per heavy atom. The van der Waals surface area contributed by atoms with Crippen LogP contribution >= 0.6 is 0 Å². The zero-order valence-corrected chi connectivity index (χ0v) is 22.9. The maximum Gasteiger partial charge on any atom is 0.290 e. The van der Waals surface area contributed by atoms with Gasteiger partial charge in [0, 0.05) is 29.4 Å². The Morgan fingerprint density at radius 1 is 1.05 bits per heavy atom. The molecule has 0 bridgehead atoms. The summed E-state index contributed by atoms with van der Waals surface area (Å²) in [6.07, 6.45) is 0.395. The van der Waals surface area contributed by atoms with Gasteiger partial charge in [-0.15, -0.1) is 0 Å². The van der Waals surface area contributed by atoms with Crippen molar-refractivity contribution in [2.75, 3.05) is 18.0 Å². The Morgan fingerprint density at radius 3 is 2.21 bits per heavy atom. The van der Waals surface area contributed by atoms with E-state index in [1.54, 1.807) is 29.2 Å². The molecule has 1 aliphatic carbocycles. The van der Waals surface area contributed by atoms with Crippen molar-refractivity contribution in [1.82, 2.24) is 5.16 Å². The van der Waals surface area contributed by atoms with Gasteiger partial charge in [-0.05, 0) is 49.1 Å². The minimum atomic E-state index is -3.14. The van der Waals surface area contributed by atoms with Crippen LogP contribution in [0.25, 0.3) is 17.0 Å². The second kappa shape index (κ2) is 13.2. The highest BCUT2D eigenvalue weighted by atomic mass is 19.3. The van der Waals surface area contributed by atoms with E-state index in [4.69, 9.17) is 15.0 Å². The van der Waals surface area contributed by atoms with E-state index in [1.165, 1.54) is 6.07 Å². The molecule has 2 fully saturated rings. The first kappa shape index (κ1) is 30.2. The summed E-state index contributed by atoms with van der Waals surface area (Å²) in [6.45, 7) is 11.2. The van der Waals surface area contributed by atoms with Gasteiger partial charge in [0.1, 0.15) is 29.2 Å². The van der Waals surface area contributed by atoms with E-state index in [0.717, 1.165) is 30.5 Å². The third-order valence-corrected chi connectivity index (χ3v) is 6.53. The predicted molar refractivity (Wildman–Crippen MR) is 147 cm³/mol. The lowest BCUT2D eigenvalue weighted by Gasteiger charge is -2.39. The Labute approximate surface area is 227 Å². The molecule has 3 aromatic rings. The van der Waals surface area contributed by atoms with E-state index in [2.05, 4.69) is 11.7 Å². The number of hydrogen-bond donors (Lipinski definition) is 1. The molecule has 1 atom stereocenters. The van der Waals surface area contributed by atoms with Crippen molar-refractivity contribution in [2.24, 2.45) is 5.73 Å².